The predicted molar refractivity (Wildman–Crippen MR) is 56.9 cm³/mol. The molecule has 0 saturated heterocycles. The van der Waals surface area contributed by atoms with Gasteiger partial charge in [0.2, 0.25) is 0 Å². The molecule has 0 aliphatic heterocycles. The van der Waals surface area contributed by atoms with Gasteiger partial charge >= 0.3 is 0 Å². The zero-order valence-corrected chi connectivity index (χ0v) is 9.71. The molecule has 1 atom stereocenters. The second-order valence-electron chi connectivity index (χ2n) is 2.77. The molecule has 0 spiro atoms. The summed E-state index contributed by atoms with van der Waals surface area (Å²) >= 11 is 9.27. The van der Waals surface area contributed by atoms with Crippen molar-refractivity contribution in [2.45, 2.75) is 11.9 Å². The molecule has 0 fully saturated rings. The molecule has 1 N–H and O–H groups in total. The molecule has 0 aliphatic carbocycles. The van der Waals surface area contributed by atoms with Crippen LogP contribution in [0.2, 0.25) is 5.02 Å². The molecule has 1 unspecified atom stereocenters. The van der Waals surface area contributed by atoms with Crippen LogP contribution in [0, 0.1) is 12.7 Å². The molecule has 13 heavy (non-hydrogen) atoms. The first-order valence-corrected chi connectivity index (χ1v) is 5.12. The van der Waals surface area contributed by atoms with Crippen LogP contribution in [-0.2, 0) is 0 Å². The summed E-state index contributed by atoms with van der Waals surface area (Å²) in [5.74, 6) is -0.237. The number of nitrogens with one attached hydrogen (secondary N) is 1. The van der Waals surface area contributed by atoms with Crippen LogP contribution in [0.5, 0.6) is 0 Å². The molecular formula is C9H10BrClFN. The third kappa shape index (κ3) is 2.42. The van der Waals surface area contributed by atoms with E-state index in [1.165, 1.54) is 6.07 Å². The van der Waals surface area contributed by atoms with E-state index in [-0.39, 0.29) is 10.8 Å². The zero-order valence-electron chi connectivity index (χ0n) is 7.37. The predicted octanol–water partition coefficient (Wildman–Crippen LogP) is 3.40. The monoisotopic (exact) mass is 265 g/mol. The summed E-state index contributed by atoms with van der Waals surface area (Å²) in [6.07, 6.45) is 0. The average molecular weight is 267 g/mol. The van der Waals surface area contributed by atoms with Gasteiger partial charge in [-0.2, -0.15) is 0 Å². The van der Waals surface area contributed by atoms with E-state index in [9.17, 15) is 4.39 Å². The topological polar surface area (TPSA) is 12.0 Å². The van der Waals surface area contributed by atoms with Gasteiger partial charge in [-0.1, -0.05) is 27.5 Å². The van der Waals surface area contributed by atoms with Gasteiger partial charge in [0.1, 0.15) is 5.82 Å². The van der Waals surface area contributed by atoms with Crippen LogP contribution in [0.3, 0.4) is 0 Å². The molecule has 0 bridgehead atoms. The maximum absolute atomic E-state index is 13.1. The molecule has 0 aliphatic rings. The normalized spacial score (nSPS) is 13.0. The number of hydrogen-bond acceptors (Lipinski definition) is 1. The summed E-state index contributed by atoms with van der Waals surface area (Å²) in [4.78, 5) is -0.116. The minimum Gasteiger partial charge on any atom is -0.304 e. The number of hydrogen-bond donors (Lipinski definition) is 1. The second kappa shape index (κ2) is 4.40. The lowest BCUT2D eigenvalue weighted by molar-refractivity contribution is 0.614. The molecule has 0 radical (unpaired) electrons. The van der Waals surface area contributed by atoms with Gasteiger partial charge in [-0.15, -0.1) is 0 Å². The van der Waals surface area contributed by atoms with E-state index in [1.807, 2.05) is 0 Å². The fourth-order valence-corrected chi connectivity index (χ4v) is 1.85. The molecule has 4 heteroatoms. The lowest BCUT2D eigenvalue weighted by Crippen LogP contribution is -2.10. The Labute approximate surface area is 90.4 Å². The molecule has 1 aromatic carbocycles. The fraction of sp³-hybridized carbons (Fsp3) is 0.333. The van der Waals surface area contributed by atoms with Crippen molar-refractivity contribution in [3.8, 4) is 0 Å². The number of aryl methyl sites for hydroxylation is 1. The lowest BCUT2D eigenvalue weighted by Gasteiger charge is -2.11. The maximum atomic E-state index is 13.1. The summed E-state index contributed by atoms with van der Waals surface area (Å²) in [6, 6.07) is 3.06. The summed E-state index contributed by atoms with van der Waals surface area (Å²) in [7, 11) is 1.77. The van der Waals surface area contributed by atoms with Crippen LogP contribution in [-0.4, -0.2) is 7.05 Å². The van der Waals surface area contributed by atoms with Crippen molar-refractivity contribution in [3.63, 3.8) is 0 Å². The van der Waals surface area contributed by atoms with E-state index < -0.39 is 0 Å². The highest BCUT2D eigenvalue weighted by atomic mass is 79.9. The Hall–Kier alpha value is -0.120. The first kappa shape index (κ1) is 11.0. The third-order valence-electron chi connectivity index (χ3n) is 1.80. The summed E-state index contributed by atoms with van der Waals surface area (Å²) < 4.78 is 13.1. The standard InChI is InChI=1S/C9H10BrClFN/c1-5-3-7(11)6(4-8(5)12)9(10)13-2/h3-4,9,13H,1-2H3. The van der Waals surface area contributed by atoms with Crippen molar-refractivity contribution < 1.29 is 4.39 Å². The molecule has 1 aromatic rings. The molecule has 0 saturated carbocycles. The van der Waals surface area contributed by atoms with Crippen LogP contribution in [0.1, 0.15) is 16.1 Å². The van der Waals surface area contributed by atoms with Gasteiger partial charge in [0.15, 0.2) is 0 Å². The Morgan fingerprint density at radius 3 is 2.69 bits per heavy atom. The van der Waals surface area contributed by atoms with Crippen LogP contribution in [0.15, 0.2) is 12.1 Å². The Morgan fingerprint density at radius 2 is 2.15 bits per heavy atom. The zero-order chi connectivity index (χ0) is 10.0. The Morgan fingerprint density at radius 1 is 1.54 bits per heavy atom. The molecule has 0 amide bonds. The number of rotatable bonds is 2. The Bertz CT molecular complexity index is 317. The van der Waals surface area contributed by atoms with E-state index in [1.54, 1.807) is 20.0 Å². The third-order valence-corrected chi connectivity index (χ3v) is 3.08. The molecule has 1 rings (SSSR count). The highest BCUT2D eigenvalue weighted by Crippen LogP contribution is 2.29. The summed E-state index contributed by atoms with van der Waals surface area (Å²) in [6.45, 7) is 1.69. The van der Waals surface area contributed by atoms with Crippen molar-refractivity contribution in [3.05, 3.63) is 34.1 Å². The van der Waals surface area contributed by atoms with Gasteiger partial charge in [-0.05, 0) is 31.7 Å². The molecule has 0 heterocycles. The summed E-state index contributed by atoms with van der Waals surface area (Å²) in [5.41, 5.74) is 1.27. The molecule has 0 aromatic heterocycles. The van der Waals surface area contributed by atoms with E-state index in [0.717, 1.165) is 0 Å². The van der Waals surface area contributed by atoms with Gasteiger partial charge in [-0.25, -0.2) is 4.39 Å². The average Bonchev–Trinajstić information content (AvgIpc) is 2.10. The fourth-order valence-electron chi connectivity index (χ4n) is 1.01. The van der Waals surface area contributed by atoms with Crippen LogP contribution in [0.25, 0.3) is 0 Å². The molecule has 72 valence electrons. The lowest BCUT2D eigenvalue weighted by atomic mass is 10.1. The van der Waals surface area contributed by atoms with E-state index in [0.29, 0.717) is 16.1 Å². The number of alkyl halides is 1. The maximum Gasteiger partial charge on any atom is 0.126 e. The van der Waals surface area contributed by atoms with Crippen molar-refractivity contribution in [1.29, 1.82) is 0 Å². The van der Waals surface area contributed by atoms with Crippen molar-refractivity contribution in [2.24, 2.45) is 0 Å². The molecule has 1 nitrogen and oxygen atoms in total. The van der Waals surface area contributed by atoms with E-state index >= 15 is 0 Å². The van der Waals surface area contributed by atoms with E-state index in [2.05, 4.69) is 21.2 Å². The molecular weight excluding hydrogens is 256 g/mol. The smallest absolute Gasteiger partial charge is 0.126 e. The Balaban J connectivity index is 3.15. The summed E-state index contributed by atoms with van der Waals surface area (Å²) in [5, 5.41) is 3.50. The highest BCUT2D eigenvalue weighted by molar-refractivity contribution is 9.09. The van der Waals surface area contributed by atoms with Crippen LogP contribution in [0.4, 0.5) is 4.39 Å². The van der Waals surface area contributed by atoms with Gasteiger partial charge in [0, 0.05) is 10.6 Å². The van der Waals surface area contributed by atoms with Gasteiger partial charge < -0.3 is 5.32 Å². The van der Waals surface area contributed by atoms with Crippen molar-refractivity contribution in [1.82, 2.24) is 5.32 Å². The quantitative estimate of drug-likeness (QED) is 0.639. The number of halogens is 3. The first-order chi connectivity index (χ1) is 6.06. The van der Waals surface area contributed by atoms with Gasteiger partial charge in [0.05, 0.1) is 4.95 Å². The van der Waals surface area contributed by atoms with E-state index in [4.69, 9.17) is 11.6 Å². The largest absolute Gasteiger partial charge is 0.304 e. The SMILES string of the molecule is CNC(Br)c1cc(F)c(C)cc1Cl. The Kier molecular flexibility index (Phi) is 3.71. The number of benzene rings is 1. The minimum atomic E-state index is -0.237. The first-order valence-electron chi connectivity index (χ1n) is 3.83. The second-order valence-corrected chi connectivity index (χ2v) is 4.10. The van der Waals surface area contributed by atoms with Crippen molar-refractivity contribution >= 4 is 27.5 Å². The highest BCUT2D eigenvalue weighted by Gasteiger charge is 2.11. The van der Waals surface area contributed by atoms with Gasteiger partial charge in [0.25, 0.3) is 0 Å². The van der Waals surface area contributed by atoms with Crippen LogP contribution < -0.4 is 5.32 Å². The van der Waals surface area contributed by atoms with Crippen LogP contribution >= 0.6 is 27.5 Å². The minimum absolute atomic E-state index is 0.116. The van der Waals surface area contributed by atoms with Gasteiger partial charge in [-0.3, -0.25) is 0 Å². The van der Waals surface area contributed by atoms with Crippen molar-refractivity contribution in [2.75, 3.05) is 7.05 Å².